The van der Waals surface area contributed by atoms with E-state index in [2.05, 4.69) is 15.6 Å². The molecule has 2 aromatic carbocycles. The molecular formula is C22H25N3O5. The van der Waals surface area contributed by atoms with Crippen LogP contribution >= 0.6 is 0 Å². The Morgan fingerprint density at radius 3 is 2.33 bits per heavy atom. The fraction of sp³-hybridized carbons (Fsp3) is 0.318. The molecule has 0 radical (unpaired) electrons. The molecule has 1 aromatic heterocycles. The molecule has 0 aliphatic carbocycles. The van der Waals surface area contributed by atoms with Crippen molar-refractivity contribution in [1.82, 2.24) is 10.3 Å². The van der Waals surface area contributed by atoms with Gasteiger partial charge in [0, 0.05) is 11.1 Å². The average Bonchev–Trinajstić information content (AvgIpc) is 3.24. The smallest absolute Gasteiger partial charge is 0.256 e. The van der Waals surface area contributed by atoms with Crippen molar-refractivity contribution in [3.8, 4) is 28.5 Å². The zero-order valence-electron chi connectivity index (χ0n) is 17.3. The second-order valence-electron chi connectivity index (χ2n) is 6.50. The summed E-state index contributed by atoms with van der Waals surface area (Å²) in [7, 11) is 1.57. The van der Waals surface area contributed by atoms with Crippen LogP contribution in [0.2, 0.25) is 0 Å². The van der Waals surface area contributed by atoms with Gasteiger partial charge in [-0.25, -0.2) is 4.63 Å². The van der Waals surface area contributed by atoms with E-state index in [1.807, 2.05) is 32.0 Å². The normalized spacial score (nSPS) is 10.5. The minimum Gasteiger partial charge on any atom is -0.497 e. The molecule has 3 aromatic rings. The van der Waals surface area contributed by atoms with Gasteiger partial charge in [0.05, 0.1) is 20.3 Å². The number of benzene rings is 2. The summed E-state index contributed by atoms with van der Waals surface area (Å²) in [4.78, 5) is 12.6. The zero-order chi connectivity index (χ0) is 21.3. The SMILES string of the molecule is CCCOc1ccc(-c2nonc2NC(=O)c2ccc(OC)cc2)cc1OCCC. The van der Waals surface area contributed by atoms with E-state index in [0.717, 1.165) is 12.8 Å². The number of aromatic nitrogens is 2. The molecule has 1 amide bonds. The lowest BCUT2D eigenvalue weighted by atomic mass is 10.1. The molecular weight excluding hydrogens is 386 g/mol. The van der Waals surface area contributed by atoms with Gasteiger partial charge in [0.15, 0.2) is 17.2 Å². The van der Waals surface area contributed by atoms with Gasteiger partial charge in [-0.2, -0.15) is 0 Å². The van der Waals surface area contributed by atoms with Crippen molar-refractivity contribution in [1.29, 1.82) is 0 Å². The van der Waals surface area contributed by atoms with Crippen LogP contribution in [0.5, 0.6) is 17.2 Å². The molecule has 0 aliphatic heterocycles. The van der Waals surface area contributed by atoms with E-state index in [-0.39, 0.29) is 11.7 Å². The lowest BCUT2D eigenvalue weighted by Gasteiger charge is -2.13. The van der Waals surface area contributed by atoms with Gasteiger partial charge in [-0.1, -0.05) is 13.8 Å². The summed E-state index contributed by atoms with van der Waals surface area (Å²) in [6.45, 7) is 5.23. The van der Waals surface area contributed by atoms with Gasteiger partial charge < -0.3 is 19.5 Å². The van der Waals surface area contributed by atoms with Crippen LogP contribution in [0.25, 0.3) is 11.3 Å². The third kappa shape index (κ3) is 5.08. The van der Waals surface area contributed by atoms with Crippen LogP contribution in [0.15, 0.2) is 47.1 Å². The number of nitrogens with one attached hydrogen (secondary N) is 1. The van der Waals surface area contributed by atoms with Crippen LogP contribution in [-0.4, -0.2) is 36.5 Å². The summed E-state index contributed by atoms with van der Waals surface area (Å²) < 4.78 is 21.6. The van der Waals surface area contributed by atoms with E-state index in [4.69, 9.17) is 18.8 Å². The highest BCUT2D eigenvalue weighted by molar-refractivity contribution is 6.05. The third-order valence-electron chi connectivity index (χ3n) is 4.21. The van der Waals surface area contributed by atoms with Crippen molar-refractivity contribution in [3.63, 3.8) is 0 Å². The second kappa shape index (κ2) is 10.3. The van der Waals surface area contributed by atoms with Gasteiger partial charge in [-0.05, 0) is 65.6 Å². The average molecular weight is 411 g/mol. The minimum absolute atomic E-state index is 0.222. The monoisotopic (exact) mass is 411 g/mol. The Hall–Kier alpha value is -3.55. The Bertz CT molecular complexity index is 969. The summed E-state index contributed by atoms with van der Waals surface area (Å²) in [5.74, 6) is 1.83. The number of hydrogen-bond donors (Lipinski definition) is 1. The fourth-order valence-electron chi connectivity index (χ4n) is 2.69. The van der Waals surface area contributed by atoms with E-state index >= 15 is 0 Å². The maximum absolute atomic E-state index is 12.6. The lowest BCUT2D eigenvalue weighted by molar-refractivity contribution is 0.102. The minimum atomic E-state index is -0.333. The summed E-state index contributed by atoms with van der Waals surface area (Å²) >= 11 is 0. The van der Waals surface area contributed by atoms with E-state index in [1.54, 1.807) is 31.4 Å². The predicted molar refractivity (Wildman–Crippen MR) is 112 cm³/mol. The van der Waals surface area contributed by atoms with Crippen LogP contribution in [0, 0.1) is 0 Å². The molecule has 30 heavy (non-hydrogen) atoms. The largest absolute Gasteiger partial charge is 0.497 e. The Morgan fingerprint density at radius 2 is 1.67 bits per heavy atom. The molecule has 8 heteroatoms. The molecule has 0 aliphatic rings. The highest BCUT2D eigenvalue weighted by atomic mass is 16.6. The summed E-state index contributed by atoms with van der Waals surface area (Å²) in [6.07, 6.45) is 1.76. The van der Waals surface area contributed by atoms with E-state index in [0.29, 0.717) is 47.3 Å². The molecule has 0 saturated heterocycles. The number of hydrogen-bond acceptors (Lipinski definition) is 7. The van der Waals surface area contributed by atoms with Crippen molar-refractivity contribution < 1.29 is 23.6 Å². The summed E-state index contributed by atoms with van der Waals surface area (Å²) in [5, 5.41) is 10.5. The van der Waals surface area contributed by atoms with Crippen molar-refractivity contribution >= 4 is 11.7 Å². The number of carbonyl (C=O) groups is 1. The molecule has 0 bridgehead atoms. The molecule has 3 rings (SSSR count). The van der Waals surface area contributed by atoms with E-state index in [1.165, 1.54) is 0 Å². The number of rotatable bonds is 10. The van der Waals surface area contributed by atoms with Gasteiger partial charge >= 0.3 is 0 Å². The van der Waals surface area contributed by atoms with Gasteiger partial charge in [0.2, 0.25) is 5.82 Å². The molecule has 0 saturated carbocycles. The molecule has 0 unspecified atom stereocenters. The van der Waals surface area contributed by atoms with E-state index in [9.17, 15) is 4.79 Å². The highest BCUT2D eigenvalue weighted by Crippen LogP contribution is 2.34. The van der Waals surface area contributed by atoms with Gasteiger partial charge in [-0.15, -0.1) is 0 Å². The first-order valence-electron chi connectivity index (χ1n) is 9.84. The maximum Gasteiger partial charge on any atom is 0.256 e. The lowest BCUT2D eigenvalue weighted by Crippen LogP contribution is -2.12. The predicted octanol–water partition coefficient (Wildman–Crippen LogP) is 4.58. The molecule has 1 N–H and O–H groups in total. The molecule has 1 heterocycles. The first-order valence-corrected chi connectivity index (χ1v) is 9.84. The third-order valence-corrected chi connectivity index (χ3v) is 4.21. The molecule has 0 fully saturated rings. The van der Waals surface area contributed by atoms with Gasteiger partial charge in [0.1, 0.15) is 5.75 Å². The van der Waals surface area contributed by atoms with Crippen molar-refractivity contribution in [2.24, 2.45) is 0 Å². The first-order chi connectivity index (χ1) is 14.7. The van der Waals surface area contributed by atoms with Crippen LogP contribution in [0.4, 0.5) is 5.82 Å². The summed E-state index contributed by atoms with van der Waals surface area (Å²) in [5.41, 5.74) is 1.55. The summed E-state index contributed by atoms with van der Waals surface area (Å²) in [6, 6.07) is 12.2. The Labute approximate surface area is 175 Å². The quantitative estimate of drug-likeness (QED) is 0.522. The fourth-order valence-corrected chi connectivity index (χ4v) is 2.69. The highest BCUT2D eigenvalue weighted by Gasteiger charge is 2.18. The van der Waals surface area contributed by atoms with Crippen molar-refractivity contribution in [2.45, 2.75) is 26.7 Å². The molecule has 0 spiro atoms. The number of methoxy groups -OCH3 is 1. The van der Waals surface area contributed by atoms with Gasteiger partial charge in [0.25, 0.3) is 5.91 Å². The number of nitrogens with zero attached hydrogens (tertiary/aromatic N) is 2. The number of ether oxygens (including phenoxy) is 3. The topological polar surface area (TPSA) is 95.7 Å². The van der Waals surface area contributed by atoms with Crippen molar-refractivity contribution in [3.05, 3.63) is 48.0 Å². The van der Waals surface area contributed by atoms with Crippen LogP contribution in [0.3, 0.4) is 0 Å². The van der Waals surface area contributed by atoms with Crippen LogP contribution < -0.4 is 19.5 Å². The Morgan fingerprint density at radius 1 is 0.967 bits per heavy atom. The van der Waals surface area contributed by atoms with Gasteiger partial charge in [-0.3, -0.25) is 4.79 Å². The molecule has 0 atom stereocenters. The van der Waals surface area contributed by atoms with Crippen LogP contribution in [0.1, 0.15) is 37.0 Å². The first kappa shape index (κ1) is 21.2. The van der Waals surface area contributed by atoms with Crippen LogP contribution in [-0.2, 0) is 0 Å². The maximum atomic E-state index is 12.6. The standard InChI is InChI=1S/C22H25N3O5/c1-4-12-28-18-11-8-16(14-19(18)29-13-5-2)20-21(25-30-24-20)23-22(26)15-6-9-17(27-3)10-7-15/h6-11,14H,4-5,12-13H2,1-3H3,(H,23,25,26). The number of anilines is 1. The zero-order valence-corrected chi connectivity index (χ0v) is 17.3. The van der Waals surface area contributed by atoms with Crippen molar-refractivity contribution in [2.75, 3.05) is 25.6 Å². The second-order valence-corrected chi connectivity index (χ2v) is 6.50. The number of carbonyl (C=O) groups excluding carboxylic acids is 1. The van der Waals surface area contributed by atoms with E-state index < -0.39 is 0 Å². The Kier molecular flexibility index (Phi) is 7.26. The molecule has 8 nitrogen and oxygen atoms in total. The Balaban J connectivity index is 1.83. The molecule has 158 valence electrons. The number of amides is 1.